The molecule has 19 heavy (non-hydrogen) atoms. The van der Waals surface area contributed by atoms with E-state index in [1.807, 2.05) is 11.3 Å². The lowest BCUT2D eigenvalue weighted by Gasteiger charge is -2.35. The molecule has 4 heteroatoms. The van der Waals surface area contributed by atoms with Gasteiger partial charge in [-0.25, -0.2) is 0 Å². The van der Waals surface area contributed by atoms with Gasteiger partial charge in [-0.05, 0) is 64.1 Å². The molecule has 1 aromatic heterocycles. The Morgan fingerprint density at radius 3 is 2.84 bits per heavy atom. The van der Waals surface area contributed by atoms with Crippen LogP contribution >= 0.6 is 11.3 Å². The Hall–Kier alpha value is -0.420. The second kappa shape index (κ2) is 6.84. The van der Waals surface area contributed by atoms with Crippen LogP contribution in [0.5, 0.6) is 0 Å². The summed E-state index contributed by atoms with van der Waals surface area (Å²) in [4.78, 5) is 6.46. The van der Waals surface area contributed by atoms with E-state index in [-0.39, 0.29) is 0 Å². The summed E-state index contributed by atoms with van der Waals surface area (Å²) in [5.41, 5.74) is 1.49. The molecule has 0 radical (unpaired) electrons. The fraction of sp³-hybridized carbons (Fsp3) is 0.733. The normalized spacial score (nSPS) is 24.3. The topological polar surface area (TPSA) is 18.5 Å². The molecule has 2 atom stereocenters. The summed E-state index contributed by atoms with van der Waals surface area (Å²) < 4.78 is 0. The third-order valence-corrected chi connectivity index (χ3v) is 5.02. The third-order valence-electron chi connectivity index (χ3n) is 4.16. The van der Waals surface area contributed by atoms with Gasteiger partial charge in [0.05, 0.1) is 6.04 Å². The molecule has 3 nitrogen and oxygen atoms in total. The van der Waals surface area contributed by atoms with Crippen LogP contribution in [-0.4, -0.2) is 56.1 Å². The summed E-state index contributed by atoms with van der Waals surface area (Å²) >= 11 is 1.86. The van der Waals surface area contributed by atoms with Crippen LogP contribution in [-0.2, 0) is 0 Å². The highest BCUT2D eigenvalue weighted by Gasteiger charge is 2.30. The Balaban J connectivity index is 2.23. The molecule has 1 aliphatic heterocycles. The summed E-state index contributed by atoms with van der Waals surface area (Å²) in [6.45, 7) is 9.01. The number of nitrogens with one attached hydrogen (secondary N) is 1. The van der Waals surface area contributed by atoms with Crippen molar-refractivity contribution in [3.05, 3.63) is 21.9 Å². The van der Waals surface area contributed by atoms with Gasteiger partial charge >= 0.3 is 0 Å². The predicted octanol–water partition coefficient (Wildman–Crippen LogP) is 2.34. The van der Waals surface area contributed by atoms with E-state index in [2.05, 4.69) is 54.5 Å². The zero-order valence-electron chi connectivity index (χ0n) is 12.6. The van der Waals surface area contributed by atoms with Crippen LogP contribution in [0.2, 0.25) is 0 Å². The van der Waals surface area contributed by atoms with E-state index in [0.29, 0.717) is 12.1 Å². The van der Waals surface area contributed by atoms with E-state index >= 15 is 0 Å². The molecule has 1 N–H and O–H groups in total. The summed E-state index contributed by atoms with van der Waals surface area (Å²) in [6, 6.07) is 3.30. The van der Waals surface area contributed by atoms with Crippen LogP contribution in [0.25, 0.3) is 0 Å². The van der Waals surface area contributed by atoms with Crippen LogP contribution in [0.4, 0.5) is 0 Å². The molecule has 1 aromatic rings. The minimum absolute atomic E-state index is 0.446. The first kappa shape index (κ1) is 15.0. The number of aryl methyl sites for hydroxylation is 1. The molecule has 1 aliphatic rings. The molecule has 2 unspecified atom stereocenters. The standard InChI is InChI=1S/C15H27N3S/c1-5-16-15(13-7-10-19-12(13)2)14-11-17(3)8-6-9-18(14)4/h7,10,14-16H,5-6,8-9,11H2,1-4H3. The molecule has 0 spiro atoms. The number of hydrogen-bond acceptors (Lipinski definition) is 4. The lowest BCUT2D eigenvalue weighted by molar-refractivity contribution is 0.179. The van der Waals surface area contributed by atoms with Gasteiger partial charge in [-0.2, -0.15) is 0 Å². The highest BCUT2D eigenvalue weighted by atomic mass is 32.1. The molecule has 2 rings (SSSR count). The molecule has 0 aliphatic carbocycles. The molecule has 2 heterocycles. The van der Waals surface area contributed by atoms with Crippen molar-refractivity contribution in [1.82, 2.24) is 15.1 Å². The SMILES string of the molecule is CCNC(c1ccsc1C)C1CN(C)CCCN1C. The van der Waals surface area contributed by atoms with Gasteiger partial charge in [0.15, 0.2) is 0 Å². The van der Waals surface area contributed by atoms with Gasteiger partial charge in [-0.15, -0.1) is 11.3 Å². The van der Waals surface area contributed by atoms with Crippen LogP contribution < -0.4 is 5.32 Å². The van der Waals surface area contributed by atoms with E-state index in [4.69, 9.17) is 0 Å². The Kier molecular flexibility index (Phi) is 5.39. The van der Waals surface area contributed by atoms with Gasteiger partial charge in [-0.3, -0.25) is 0 Å². The Morgan fingerprint density at radius 2 is 2.21 bits per heavy atom. The van der Waals surface area contributed by atoms with E-state index in [1.165, 1.54) is 30.0 Å². The van der Waals surface area contributed by atoms with Crippen LogP contribution in [0.3, 0.4) is 0 Å². The van der Waals surface area contributed by atoms with Crippen molar-refractivity contribution >= 4 is 11.3 Å². The quantitative estimate of drug-likeness (QED) is 0.914. The molecule has 1 saturated heterocycles. The van der Waals surface area contributed by atoms with Crippen molar-refractivity contribution in [2.24, 2.45) is 0 Å². The highest BCUT2D eigenvalue weighted by Crippen LogP contribution is 2.28. The monoisotopic (exact) mass is 281 g/mol. The van der Waals surface area contributed by atoms with Gasteiger partial charge in [-0.1, -0.05) is 6.92 Å². The van der Waals surface area contributed by atoms with E-state index < -0.39 is 0 Å². The lowest BCUT2D eigenvalue weighted by Crippen LogP contribution is -2.47. The molecule has 0 bridgehead atoms. The maximum Gasteiger partial charge on any atom is 0.0501 e. The lowest BCUT2D eigenvalue weighted by atomic mass is 9.98. The van der Waals surface area contributed by atoms with Crippen molar-refractivity contribution in [2.75, 3.05) is 40.3 Å². The summed E-state index contributed by atoms with van der Waals surface area (Å²) in [6.07, 6.45) is 1.27. The first-order valence-corrected chi connectivity index (χ1v) is 8.17. The first-order valence-electron chi connectivity index (χ1n) is 7.29. The third kappa shape index (κ3) is 3.57. The smallest absolute Gasteiger partial charge is 0.0501 e. The molecule has 108 valence electrons. The maximum absolute atomic E-state index is 3.71. The summed E-state index contributed by atoms with van der Waals surface area (Å²) in [5, 5.41) is 5.93. The van der Waals surface area contributed by atoms with Crippen LogP contribution in [0.1, 0.15) is 29.8 Å². The maximum atomic E-state index is 3.71. The molecule has 0 aromatic carbocycles. The van der Waals surface area contributed by atoms with Gasteiger partial charge in [0, 0.05) is 17.5 Å². The highest BCUT2D eigenvalue weighted by molar-refractivity contribution is 7.10. The molecule has 1 fully saturated rings. The van der Waals surface area contributed by atoms with Crippen LogP contribution in [0, 0.1) is 6.92 Å². The number of rotatable bonds is 4. The van der Waals surface area contributed by atoms with Crippen molar-refractivity contribution in [2.45, 2.75) is 32.4 Å². The van der Waals surface area contributed by atoms with Gasteiger partial charge < -0.3 is 15.1 Å². The van der Waals surface area contributed by atoms with E-state index in [1.54, 1.807) is 0 Å². The summed E-state index contributed by atoms with van der Waals surface area (Å²) in [7, 11) is 4.52. The predicted molar refractivity (Wildman–Crippen MR) is 84.0 cm³/mol. The first-order chi connectivity index (χ1) is 9.13. The molecular formula is C15H27N3S. The Labute approximate surface area is 121 Å². The van der Waals surface area contributed by atoms with Crippen molar-refractivity contribution in [1.29, 1.82) is 0 Å². The average Bonchev–Trinajstić information content (AvgIpc) is 2.71. The van der Waals surface area contributed by atoms with Crippen LogP contribution in [0.15, 0.2) is 11.4 Å². The number of thiophene rings is 1. The number of nitrogens with zero attached hydrogens (tertiary/aromatic N) is 2. The molecule has 0 amide bonds. The largest absolute Gasteiger partial charge is 0.309 e. The fourth-order valence-electron chi connectivity index (χ4n) is 3.06. The second-order valence-corrected chi connectivity index (χ2v) is 6.75. The number of likely N-dealkylation sites (N-methyl/N-ethyl adjacent to an activating group) is 3. The Bertz CT molecular complexity index is 390. The zero-order chi connectivity index (χ0) is 13.8. The fourth-order valence-corrected chi connectivity index (χ4v) is 3.81. The zero-order valence-corrected chi connectivity index (χ0v) is 13.5. The second-order valence-electron chi connectivity index (χ2n) is 5.63. The van der Waals surface area contributed by atoms with E-state index in [0.717, 1.165) is 13.1 Å². The van der Waals surface area contributed by atoms with Gasteiger partial charge in [0.1, 0.15) is 0 Å². The minimum atomic E-state index is 0.446. The number of hydrogen-bond donors (Lipinski definition) is 1. The van der Waals surface area contributed by atoms with E-state index in [9.17, 15) is 0 Å². The molecular weight excluding hydrogens is 254 g/mol. The minimum Gasteiger partial charge on any atom is -0.309 e. The van der Waals surface area contributed by atoms with Gasteiger partial charge in [0.25, 0.3) is 0 Å². The summed E-state index contributed by atoms with van der Waals surface area (Å²) in [5.74, 6) is 0. The van der Waals surface area contributed by atoms with Crippen molar-refractivity contribution in [3.63, 3.8) is 0 Å². The molecule has 0 saturated carbocycles. The van der Waals surface area contributed by atoms with Crippen molar-refractivity contribution in [3.8, 4) is 0 Å². The van der Waals surface area contributed by atoms with Crippen molar-refractivity contribution < 1.29 is 0 Å². The average molecular weight is 281 g/mol. The Morgan fingerprint density at radius 1 is 1.42 bits per heavy atom. The van der Waals surface area contributed by atoms with Gasteiger partial charge in [0.2, 0.25) is 0 Å².